The molecule has 1 rings (SSSR count). The third-order valence-corrected chi connectivity index (χ3v) is 2.71. The van der Waals surface area contributed by atoms with Gasteiger partial charge in [-0.3, -0.25) is 4.79 Å². The molecule has 0 radical (unpaired) electrons. The highest BCUT2D eigenvalue weighted by Gasteiger charge is 2.10. The number of rotatable bonds is 4. The van der Waals surface area contributed by atoms with Gasteiger partial charge >= 0.3 is 0 Å². The van der Waals surface area contributed by atoms with Crippen molar-refractivity contribution in [2.75, 3.05) is 5.32 Å². The molecule has 0 spiro atoms. The van der Waals surface area contributed by atoms with Crippen molar-refractivity contribution in [1.82, 2.24) is 0 Å². The van der Waals surface area contributed by atoms with Gasteiger partial charge in [0.15, 0.2) is 0 Å². The van der Waals surface area contributed by atoms with Gasteiger partial charge in [-0.15, -0.1) is 0 Å². The van der Waals surface area contributed by atoms with Gasteiger partial charge < -0.3 is 5.32 Å². The summed E-state index contributed by atoms with van der Waals surface area (Å²) in [6, 6.07) is 6.03. The van der Waals surface area contributed by atoms with Crippen LogP contribution in [0.5, 0.6) is 0 Å². The van der Waals surface area contributed by atoms with Crippen molar-refractivity contribution >= 4 is 11.6 Å². The van der Waals surface area contributed by atoms with Crippen molar-refractivity contribution in [2.45, 2.75) is 40.0 Å². The van der Waals surface area contributed by atoms with Crippen LogP contribution in [0, 0.1) is 18.3 Å². The number of hydrogen-bond donors (Lipinski definition) is 1. The Hall–Kier alpha value is -1.82. The standard InChI is InChI=1S/C14H18N2O/c1-4-11-8-10(3)9-12(5-2)14(11)16-13(17)6-7-15/h8-9H,4-6H2,1-3H3,(H,16,17). The molecular formula is C14H18N2O. The van der Waals surface area contributed by atoms with Crippen LogP contribution in [0.1, 0.15) is 37.0 Å². The highest BCUT2D eigenvalue weighted by molar-refractivity contribution is 5.93. The maximum Gasteiger partial charge on any atom is 0.238 e. The van der Waals surface area contributed by atoms with E-state index in [-0.39, 0.29) is 12.3 Å². The number of anilines is 1. The molecule has 0 saturated carbocycles. The fourth-order valence-corrected chi connectivity index (χ4v) is 1.92. The van der Waals surface area contributed by atoms with Crippen LogP contribution < -0.4 is 5.32 Å². The summed E-state index contributed by atoms with van der Waals surface area (Å²) in [6.45, 7) is 6.18. The highest BCUT2D eigenvalue weighted by Crippen LogP contribution is 2.24. The molecule has 0 aromatic heterocycles. The van der Waals surface area contributed by atoms with E-state index in [1.807, 2.05) is 6.07 Å². The van der Waals surface area contributed by atoms with Crippen molar-refractivity contribution < 1.29 is 4.79 Å². The molecule has 1 amide bonds. The second kappa shape index (κ2) is 6.05. The largest absolute Gasteiger partial charge is 0.325 e. The van der Waals surface area contributed by atoms with Gasteiger partial charge in [0.05, 0.1) is 6.07 Å². The molecule has 0 aliphatic carbocycles. The molecular weight excluding hydrogens is 212 g/mol. The van der Waals surface area contributed by atoms with Gasteiger partial charge in [0.1, 0.15) is 6.42 Å². The fraction of sp³-hybridized carbons (Fsp3) is 0.429. The Morgan fingerprint density at radius 2 is 1.82 bits per heavy atom. The lowest BCUT2D eigenvalue weighted by Gasteiger charge is -2.15. The van der Waals surface area contributed by atoms with Gasteiger partial charge in [-0.05, 0) is 30.9 Å². The average Bonchev–Trinajstić information content (AvgIpc) is 2.31. The minimum Gasteiger partial charge on any atom is -0.325 e. The number of aryl methyl sites for hydroxylation is 3. The molecule has 17 heavy (non-hydrogen) atoms. The molecule has 1 N–H and O–H groups in total. The summed E-state index contributed by atoms with van der Waals surface area (Å²) in [4.78, 5) is 11.5. The number of hydrogen-bond acceptors (Lipinski definition) is 2. The number of carbonyl (C=O) groups excluding carboxylic acids is 1. The first kappa shape index (κ1) is 13.2. The van der Waals surface area contributed by atoms with E-state index in [0.29, 0.717) is 0 Å². The first-order chi connectivity index (χ1) is 8.12. The third-order valence-electron chi connectivity index (χ3n) is 2.71. The number of benzene rings is 1. The summed E-state index contributed by atoms with van der Waals surface area (Å²) in [7, 11) is 0. The Balaban J connectivity index is 3.11. The van der Waals surface area contributed by atoms with Crippen LogP contribution in [0.3, 0.4) is 0 Å². The molecule has 0 bridgehead atoms. The van der Waals surface area contributed by atoms with Gasteiger partial charge in [0.2, 0.25) is 5.91 Å². The van der Waals surface area contributed by atoms with Crippen LogP contribution in [0.2, 0.25) is 0 Å². The average molecular weight is 230 g/mol. The van der Waals surface area contributed by atoms with E-state index < -0.39 is 0 Å². The quantitative estimate of drug-likeness (QED) is 0.864. The van der Waals surface area contributed by atoms with Crippen LogP contribution in [0.25, 0.3) is 0 Å². The first-order valence-corrected chi connectivity index (χ1v) is 5.91. The van der Waals surface area contributed by atoms with E-state index in [0.717, 1.165) is 29.7 Å². The molecule has 0 heterocycles. The summed E-state index contributed by atoms with van der Waals surface area (Å²) in [5.74, 6) is -0.235. The van der Waals surface area contributed by atoms with Gasteiger partial charge in [-0.25, -0.2) is 0 Å². The zero-order valence-corrected chi connectivity index (χ0v) is 10.6. The van der Waals surface area contributed by atoms with Crippen LogP contribution in [-0.2, 0) is 17.6 Å². The summed E-state index contributed by atoms with van der Waals surface area (Å²) < 4.78 is 0. The lowest BCUT2D eigenvalue weighted by Crippen LogP contribution is -2.13. The van der Waals surface area contributed by atoms with Crippen LogP contribution in [0.15, 0.2) is 12.1 Å². The van der Waals surface area contributed by atoms with Crippen LogP contribution >= 0.6 is 0 Å². The van der Waals surface area contributed by atoms with Crippen molar-refractivity contribution in [3.05, 3.63) is 28.8 Å². The Kier molecular flexibility index (Phi) is 4.71. The van der Waals surface area contributed by atoms with Gasteiger partial charge in [-0.1, -0.05) is 31.5 Å². The van der Waals surface area contributed by atoms with E-state index in [1.54, 1.807) is 0 Å². The van der Waals surface area contributed by atoms with Crippen LogP contribution in [-0.4, -0.2) is 5.91 Å². The molecule has 0 atom stereocenters. The van der Waals surface area contributed by atoms with E-state index in [2.05, 4.69) is 38.2 Å². The normalized spacial score (nSPS) is 9.76. The number of nitrogens with zero attached hydrogens (tertiary/aromatic N) is 1. The summed E-state index contributed by atoms with van der Waals surface area (Å²) >= 11 is 0. The van der Waals surface area contributed by atoms with Crippen molar-refractivity contribution in [2.24, 2.45) is 0 Å². The molecule has 0 unspecified atom stereocenters. The van der Waals surface area contributed by atoms with Gasteiger partial charge in [0.25, 0.3) is 0 Å². The second-order valence-electron chi connectivity index (χ2n) is 4.05. The number of nitriles is 1. The Morgan fingerprint density at radius 1 is 1.29 bits per heavy atom. The van der Waals surface area contributed by atoms with Crippen LogP contribution in [0.4, 0.5) is 5.69 Å². The van der Waals surface area contributed by atoms with Gasteiger partial charge in [0, 0.05) is 5.69 Å². The van der Waals surface area contributed by atoms with Crippen molar-refractivity contribution in [3.63, 3.8) is 0 Å². The summed E-state index contributed by atoms with van der Waals surface area (Å²) in [5, 5.41) is 11.3. The third kappa shape index (κ3) is 3.32. The lowest BCUT2D eigenvalue weighted by molar-refractivity contribution is -0.115. The predicted octanol–water partition coefficient (Wildman–Crippen LogP) is 2.97. The monoisotopic (exact) mass is 230 g/mol. The molecule has 0 aliphatic rings. The van der Waals surface area contributed by atoms with E-state index in [9.17, 15) is 4.79 Å². The first-order valence-electron chi connectivity index (χ1n) is 5.91. The SMILES string of the molecule is CCc1cc(C)cc(CC)c1NC(=O)CC#N. The molecule has 1 aromatic rings. The zero-order chi connectivity index (χ0) is 12.8. The molecule has 0 saturated heterocycles. The molecule has 0 fully saturated rings. The maximum atomic E-state index is 11.5. The van der Waals surface area contributed by atoms with E-state index in [4.69, 9.17) is 5.26 Å². The minimum atomic E-state index is -0.235. The molecule has 3 heteroatoms. The number of carbonyl (C=O) groups is 1. The summed E-state index contributed by atoms with van der Waals surface area (Å²) in [5.41, 5.74) is 4.36. The molecule has 90 valence electrons. The Labute approximate surface area is 102 Å². The van der Waals surface area contributed by atoms with Gasteiger partial charge in [-0.2, -0.15) is 5.26 Å². The topological polar surface area (TPSA) is 52.9 Å². The number of nitrogens with one attached hydrogen (secondary N) is 1. The molecule has 0 aliphatic heterocycles. The second-order valence-corrected chi connectivity index (χ2v) is 4.05. The predicted molar refractivity (Wildman–Crippen MR) is 68.8 cm³/mol. The van der Waals surface area contributed by atoms with Crippen molar-refractivity contribution in [1.29, 1.82) is 5.26 Å². The van der Waals surface area contributed by atoms with E-state index in [1.165, 1.54) is 5.56 Å². The summed E-state index contributed by atoms with van der Waals surface area (Å²) in [6.07, 6.45) is 1.65. The lowest BCUT2D eigenvalue weighted by atomic mass is 9.99. The van der Waals surface area contributed by atoms with E-state index >= 15 is 0 Å². The Bertz CT molecular complexity index is 433. The smallest absolute Gasteiger partial charge is 0.238 e. The molecule has 3 nitrogen and oxygen atoms in total. The highest BCUT2D eigenvalue weighted by atomic mass is 16.1. The molecule has 1 aromatic carbocycles. The fourth-order valence-electron chi connectivity index (χ4n) is 1.92. The van der Waals surface area contributed by atoms with Crippen molar-refractivity contribution in [3.8, 4) is 6.07 Å². The number of amides is 1. The zero-order valence-electron chi connectivity index (χ0n) is 10.6. The Morgan fingerprint density at radius 3 is 2.24 bits per heavy atom. The minimum absolute atomic E-state index is 0.0970. The maximum absolute atomic E-state index is 11.5.